The van der Waals surface area contributed by atoms with Crippen LogP contribution in [0.3, 0.4) is 0 Å². The maximum absolute atomic E-state index is 13.1. The Morgan fingerprint density at radius 3 is 2.20 bits per heavy atom. The van der Waals surface area contributed by atoms with Crippen molar-refractivity contribution in [2.24, 2.45) is 0 Å². The number of anilines is 1. The summed E-state index contributed by atoms with van der Waals surface area (Å²) in [6, 6.07) is 9.13. The van der Waals surface area contributed by atoms with Crippen molar-refractivity contribution in [2.75, 3.05) is 44.2 Å². The van der Waals surface area contributed by atoms with Crippen LogP contribution in [0.15, 0.2) is 24.3 Å². The Morgan fingerprint density at radius 2 is 1.60 bits per heavy atom. The number of piperazine rings is 2. The van der Waals surface area contributed by atoms with Gasteiger partial charge in [0, 0.05) is 62.6 Å². The molecule has 2 aliphatic heterocycles. The predicted molar refractivity (Wildman–Crippen MR) is 104 cm³/mol. The van der Waals surface area contributed by atoms with E-state index >= 15 is 0 Å². The zero-order valence-electron chi connectivity index (χ0n) is 16.0. The van der Waals surface area contributed by atoms with E-state index in [9.17, 15) is 4.79 Å². The van der Waals surface area contributed by atoms with Crippen molar-refractivity contribution < 1.29 is 4.79 Å². The second-order valence-electron chi connectivity index (χ2n) is 8.04. The number of hydrogen-bond donors (Lipinski definition) is 2. The van der Waals surface area contributed by atoms with E-state index in [4.69, 9.17) is 0 Å². The summed E-state index contributed by atoms with van der Waals surface area (Å²) in [7, 11) is 0. The number of ketones is 1. The number of rotatable bonds is 4. The van der Waals surface area contributed by atoms with Crippen LogP contribution in [-0.4, -0.2) is 67.6 Å². The molecule has 2 N–H and O–H groups in total. The van der Waals surface area contributed by atoms with Crippen molar-refractivity contribution in [2.45, 2.75) is 45.3 Å². The van der Waals surface area contributed by atoms with Gasteiger partial charge in [-0.3, -0.25) is 9.69 Å². The largest absolute Gasteiger partial charge is 0.369 e. The Morgan fingerprint density at radius 1 is 1.00 bits per heavy atom. The second-order valence-corrected chi connectivity index (χ2v) is 8.04. The molecule has 0 aromatic heterocycles. The number of Topliss-reactive ketones (excluding diaryl/α,β-unsaturated/α-hetero) is 1. The molecule has 2 saturated heterocycles. The van der Waals surface area contributed by atoms with Crippen LogP contribution in [0.25, 0.3) is 0 Å². The number of carbonyl (C=O) groups excluding carboxylic acids is 1. The van der Waals surface area contributed by atoms with Crippen LogP contribution in [0.4, 0.5) is 5.69 Å². The average Bonchev–Trinajstić information content (AvgIpc) is 2.61. The van der Waals surface area contributed by atoms with Crippen molar-refractivity contribution in [1.29, 1.82) is 0 Å². The first-order valence-corrected chi connectivity index (χ1v) is 9.49. The number of benzene rings is 1. The van der Waals surface area contributed by atoms with Crippen molar-refractivity contribution in [3.8, 4) is 0 Å². The molecule has 3 rings (SSSR count). The molecule has 0 spiro atoms. The van der Waals surface area contributed by atoms with Gasteiger partial charge in [0.05, 0.1) is 5.54 Å². The van der Waals surface area contributed by atoms with Crippen LogP contribution in [0.5, 0.6) is 0 Å². The first-order valence-electron chi connectivity index (χ1n) is 9.49. The maximum atomic E-state index is 13.1. The third-order valence-electron chi connectivity index (χ3n) is 5.58. The van der Waals surface area contributed by atoms with E-state index < -0.39 is 5.54 Å². The Bertz CT molecular complexity index is 598. The lowest BCUT2D eigenvalue weighted by molar-refractivity contribution is 0.0552. The van der Waals surface area contributed by atoms with Gasteiger partial charge in [-0.05, 0) is 52.0 Å². The highest BCUT2D eigenvalue weighted by atomic mass is 16.1. The minimum Gasteiger partial charge on any atom is -0.369 e. The molecule has 0 amide bonds. The molecule has 2 heterocycles. The molecule has 25 heavy (non-hydrogen) atoms. The van der Waals surface area contributed by atoms with Crippen LogP contribution in [0, 0.1) is 0 Å². The summed E-state index contributed by atoms with van der Waals surface area (Å²) < 4.78 is 0. The normalized spacial score (nSPS) is 25.8. The molecule has 2 fully saturated rings. The fourth-order valence-electron chi connectivity index (χ4n) is 3.93. The molecule has 138 valence electrons. The first-order chi connectivity index (χ1) is 11.9. The molecule has 1 aromatic rings. The minimum atomic E-state index is -0.471. The van der Waals surface area contributed by atoms with Gasteiger partial charge in [0.2, 0.25) is 0 Å². The van der Waals surface area contributed by atoms with Gasteiger partial charge in [0.25, 0.3) is 0 Å². The maximum Gasteiger partial charge on any atom is 0.182 e. The van der Waals surface area contributed by atoms with Crippen molar-refractivity contribution in [3.05, 3.63) is 29.8 Å². The Balaban J connectivity index is 1.71. The lowest BCUT2D eigenvalue weighted by Gasteiger charge is -2.42. The smallest absolute Gasteiger partial charge is 0.182 e. The average molecular weight is 345 g/mol. The molecule has 0 bridgehead atoms. The van der Waals surface area contributed by atoms with E-state index in [1.807, 2.05) is 12.1 Å². The highest BCUT2D eigenvalue weighted by molar-refractivity contribution is 6.02. The summed E-state index contributed by atoms with van der Waals surface area (Å²) in [4.78, 5) is 17.8. The molecule has 0 radical (unpaired) electrons. The molecule has 5 heteroatoms. The lowest BCUT2D eigenvalue weighted by Crippen LogP contribution is -2.59. The van der Waals surface area contributed by atoms with Gasteiger partial charge in [-0.1, -0.05) is 0 Å². The quantitative estimate of drug-likeness (QED) is 0.815. The van der Waals surface area contributed by atoms with Gasteiger partial charge >= 0.3 is 0 Å². The van der Waals surface area contributed by atoms with Crippen molar-refractivity contribution >= 4 is 11.5 Å². The third-order valence-corrected chi connectivity index (χ3v) is 5.58. The summed E-state index contributed by atoms with van der Waals surface area (Å²) >= 11 is 0. The third kappa shape index (κ3) is 4.05. The van der Waals surface area contributed by atoms with Crippen LogP contribution in [0.2, 0.25) is 0 Å². The van der Waals surface area contributed by atoms with E-state index in [0.717, 1.165) is 44.8 Å². The zero-order valence-corrected chi connectivity index (χ0v) is 16.0. The second kappa shape index (κ2) is 7.44. The van der Waals surface area contributed by atoms with Crippen molar-refractivity contribution in [3.63, 3.8) is 0 Å². The summed E-state index contributed by atoms with van der Waals surface area (Å²) in [5.74, 6) is 0.210. The number of nitrogens with one attached hydrogen (secondary N) is 2. The zero-order chi connectivity index (χ0) is 18.0. The topological polar surface area (TPSA) is 47.6 Å². The minimum absolute atomic E-state index is 0.210. The number of hydrogen-bond acceptors (Lipinski definition) is 5. The van der Waals surface area contributed by atoms with E-state index in [1.165, 1.54) is 5.69 Å². The van der Waals surface area contributed by atoms with Gasteiger partial charge in [-0.25, -0.2) is 0 Å². The monoisotopic (exact) mass is 344 g/mol. The molecule has 5 nitrogen and oxygen atoms in total. The summed E-state index contributed by atoms with van der Waals surface area (Å²) in [6.45, 7) is 14.3. The molecule has 2 aliphatic rings. The highest BCUT2D eigenvalue weighted by Gasteiger charge is 2.36. The van der Waals surface area contributed by atoms with E-state index in [2.05, 4.69) is 60.3 Å². The summed E-state index contributed by atoms with van der Waals surface area (Å²) in [5, 5.41) is 6.91. The van der Waals surface area contributed by atoms with Crippen LogP contribution < -0.4 is 15.5 Å². The van der Waals surface area contributed by atoms with Crippen LogP contribution in [0.1, 0.15) is 38.1 Å². The summed E-state index contributed by atoms with van der Waals surface area (Å²) in [6.07, 6.45) is 0. The molecule has 2 atom stereocenters. The van der Waals surface area contributed by atoms with E-state index in [1.54, 1.807) is 0 Å². The Hall–Kier alpha value is -1.43. The molecular formula is C20H32N4O. The fourth-order valence-corrected chi connectivity index (χ4v) is 3.93. The van der Waals surface area contributed by atoms with E-state index in [0.29, 0.717) is 12.1 Å². The van der Waals surface area contributed by atoms with Gasteiger partial charge in [-0.15, -0.1) is 0 Å². The van der Waals surface area contributed by atoms with Crippen LogP contribution >= 0.6 is 0 Å². The Kier molecular flexibility index (Phi) is 5.46. The standard InChI is InChI=1S/C20H32N4O/c1-15-13-23(11-9-21-15)18-7-5-17(6-8-18)19(25)20(3,4)24-12-10-22-16(2)14-24/h5-8,15-16,21-22H,9-14H2,1-4H3. The van der Waals surface area contributed by atoms with Crippen molar-refractivity contribution in [1.82, 2.24) is 15.5 Å². The van der Waals surface area contributed by atoms with Gasteiger partial charge in [-0.2, -0.15) is 0 Å². The van der Waals surface area contributed by atoms with Crippen LogP contribution in [-0.2, 0) is 0 Å². The number of carbonyl (C=O) groups is 1. The van der Waals surface area contributed by atoms with Gasteiger partial charge in [0.15, 0.2) is 5.78 Å². The van der Waals surface area contributed by atoms with Gasteiger partial charge in [0.1, 0.15) is 0 Å². The molecule has 2 unspecified atom stereocenters. The molecule has 0 saturated carbocycles. The SMILES string of the molecule is CC1CN(c2ccc(C(=O)C(C)(C)N3CCNC(C)C3)cc2)CCN1. The predicted octanol–water partition coefficient (Wildman–Crippen LogP) is 1.74. The molecular weight excluding hydrogens is 312 g/mol. The first kappa shape index (κ1) is 18.4. The summed E-state index contributed by atoms with van der Waals surface area (Å²) in [5.41, 5.74) is 1.54. The Labute approximate surface area is 151 Å². The molecule has 0 aliphatic carbocycles. The van der Waals surface area contributed by atoms with Gasteiger partial charge < -0.3 is 15.5 Å². The molecule has 1 aromatic carbocycles. The number of nitrogens with zero attached hydrogens (tertiary/aromatic N) is 2. The lowest BCUT2D eigenvalue weighted by atomic mass is 9.90. The fraction of sp³-hybridized carbons (Fsp3) is 0.650. The highest BCUT2D eigenvalue weighted by Crippen LogP contribution is 2.24. The van der Waals surface area contributed by atoms with E-state index in [-0.39, 0.29) is 5.78 Å².